The lowest BCUT2D eigenvalue weighted by Crippen LogP contribution is -2.65. The number of phenols is 1. The van der Waals surface area contributed by atoms with E-state index in [0.717, 1.165) is 5.69 Å². The van der Waals surface area contributed by atoms with E-state index < -0.39 is 58.0 Å². The number of aliphatic hydroxyl groups is 3. The summed E-state index contributed by atoms with van der Waals surface area (Å²) in [6.07, 6.45) is 1.82. The summed E-state index contributed by atoms with van der Waals surface area (Å²) in [5.41, 5.74) is 3.98. The number of anilines is 2. The molecule has 0 aliphatic heterocycles. The number of Topliss-reactive ketones (excluding diaryl/α,β-unsaturated/α-hetero) is 2. The van der Waals surface area contributed by atoms with E-state index in [2.05, 4.69) is 15.5 Å². The highest BCUT2D eigenvalue weighted by Crippen LogP contribution is 2.54. The van der Waals surface area contributed by atoms with E-state index in [9.17, 15) is 34.8 Å². The zero-order valence-corrected chi connectivity index (χ0v) is 22.5. The Morgan fingerprint density at radius 3 is 2.52 bits per heavy atom. The third-order valence-electron chi connectivity index (χ3n) is 8.21. The number of rotatable bonds is 6. The van der Waals surface area contributed by atoms with Gasteiger partial charge < -0.3 is 36.4 Å². The number of amides is 1. The second-order valence-electron chi connectivity index (χ2n) is 10.9. The van der Waals surface area contributed by atoms with Gasteiger partial charge in [-0.15, -0.1) is 0 Å². The Kier molecular flexibility index (Phi) is 6.38. The molecular weight excluding hydrogens is 520 g/mol. The first-order valence-electron chi connectivity index (χ1n) is 12.7. The van der Waals surface area contributed by atoms with Gasteiger partial charge in [0.25, 0.3) is 5.91 Å². The molecule has 0 radical (unpaired) electrons. The number of aliphatic hydroxyl groups excluding tert-OH is 2. The standard InChI is InChI=1S/C27H32N6O7.H2/c1-32(2)16-9-15(29-10-12-5-6-30-31-12)21(34)18-13(16)7-11-8-14-20(33(3)4)23(36)19(26(28)39)25(38)27(14,40)24(37)17(11)22(18)35;/h5-6,9,11,14,20,29,34-35,38,40H,7-8,10H2,1-4H3,(H2,28,39)(H,30,31);1H/t11-,14-,20?,27-;/m0./s1. The van der Waals surface area contributed by atoms with E-state index in [4.69, 9.17) is 5.73 Å². The Morgan fingerprint density at radius 2 is 1.95 bits per heavy atom. The Bertz CT molecular complexity index is 1500. The fourth-order valence-corrected chi connectivity index (χ4v) is 6.40. The number of hydrogen-bond donors (Lipinski definition) is 7. The third kappa shape index (κ3) is 3.76. The van der Waals surface area contributed by atoms with Crippen LogP contribution in [0.1, 0.15) is 24.7 Å². The van der Waals surface area contributed by atoms with Crippen molar-refractivity contribution in [3.63, 3.8) is 0 Å². The van der Waals surface area contributed by atoms with Crippen molar-refractivity contribution >= 4 is 34.6 Å². The lowest BCUT2D eigenvalue weighted by Gasteiger charge is -2.50. The number of nitrogens with zero attached hydrogens (tertiary/aromatic N) is 3. The van der Waals surface area contributed by atoms with E-state index >= 15 is 0 Å². The van der Waals surface area contributed by atoms with Gasteiger partial charge in [0.15, 0.2) is 11.4 Å². The molecular formula is C27H34N6O7. The number of nitrogens with two attached hydrogens (primary N) is 1. The van der Waals surface area contributed by atoms with E-state index in [1.54, 1.807) is 32.4 Å². The molecule has 8 N–H and O–H groups in total. The fraction of sp³-hybridized carbons (Fsp3) is 0.407. The largest absolute Gasteiger partial charge is 0.508 e. The van der Waals surface area contributed by atoms with Gasteiger partial charge in [-0.05, 0) is 50.6 Å². The van der Waals surface area contributed by atoms with Crippen LogP contribution in [0.25, 0.3) is 5.76 Å². The maximum Gasteiger partial charge on any atom is 0.255 e. The topological polar surface area (TPSA) is 205 Å². The van der Waals surface area contributed by atoms with E-state index in [-0.39, 0.29) is 43.4 Å². The molecule has 1 heterocycles. The average Bonchev–Trinajstić information content (AvgIpc) is 3.39. The van der Waals surface area contributed by atoms with Crippen molar-refractivity contribution in [3.05, 3.63) is 52.1 Å². The number of ketones is 2. The predicted octanol–water partition coefficient (Wildman–Crippen LogP) is 0.611. The second kappa shape index (κ2) is 9.38. The molecule has 4 atom stereocenters. The van der Waals surface area contributed by atoms with E-state index in [1.807, 2.05) is 19.0 Å². The van der Waals surface area contributed by atoms with Gasteiger partial charge in [0.05, 0.1) is 29.5 Å². The van der Waals surface area contributed by atoms with Crippen LogP contribution in [0, 0.1) is 11.8 Å². The molecule has 13 nitrogen and oxygen atoms in total. The molecule has 1 saturated carbocycles. The Morgan fingerprint density at radius 1 is 1.25 bits per heavy atom. The minimum absolute atomic E-state index is 0. The third-order valence-corrected chi connectivity index (χ3v) is 8.21. The zero-order chi connectivity index (χ0) is 29.3. The van der Waals surface area contributed by atoms with Crippen molar-refractivity contribution in [3.8, 4) is 5.75 Å². The number of H-pyrrole nitrogens is 1. The number of phenolic OH excluding ortho intramolecular Hbond substituents is 1. The van der Waals surface area contributed by atoms with Gasteiger partial charge in [-0.2, -0.15) is 5.10 Å². The first-order valence-corrected chi connectivity index (χ1v) is 12.7. The molecule has 13 heteroatoms. The Balaban J connectivity index is 0.00000387. The predicted molar refractivity (Wildman–Crippen MR) is 147 cm³/mol. The number of carbonyl (C=O) groups is 3. The van der Waals surface area contributed by atoms with Crippen molar-refractivity contribution in [2.24, 2.45) is 17.6 Å². The van der Waals surface area contributed by atoms with Crippen molar-refractivity contribution in [1.82, 2.24) is 15.1 Å². The van der Waals surface area contributed by atoms with Crippen LogP contribution in [0.15, 0.2) is 35.2 Å². The number of aromatic amines is 1. The average molecular weight is 555 g/mol. The first-order chi connectivity index (χ1) is 18.8. The normalized spacial score (nSPS) is 26.0. The molecule has 3 aliphatic rings. The number of carbonyl (C=O) groups excluding carboxylic acids is 3. The van der Waals surface area contributed by atoms with Crippen LogP contribution < -0.4 is 16.0 Å². The number of aromatic hydroxyl groups is 1. The molecule has 1 unspecified atom stereocenters. The van der Waals surface area contributed by atoms with Crippen molar-refractivity contribution < 1.29 is 36.2 Å². The molecule has 0 bridgehead atoms. The Labute approximate surface area is 231 Å². The monoisotopic (exact) mass is 554 g/mol. The lowest BCUT2D eigenvalue weighted by atomic mass is 9.57. The second-order valence-corrected chi connectivity index (χ2v) is 10.9. The zero-order valence-electron chi connectivity index (χ0n) is 22.5. The molecule has 1 aromatic heterocycles. The van der Waals surface area contributed by atoms with Gasteiger partial charge in [-0.1, -0.05) is 0 Å². The van der Waals surface area contributed by atoms with Gasteiger partial charge in [-0.25, -0.2) is 0 Å². The molecule has 5 rings (SSSR count). The number of likely N-dealkylation sites (N-methyl/N-ethyl adjacent to an activating group) is 1. The fourth-order valence-electron chi connectivity index (χ4n) is 6.40. The molecule has 1 amide bonds. The molecule has 3 aliphatic carbocycles. The molecule has 2 aromatic rings. The van der Waals surface area contributed by atoms with Gasteiger partial charge in [-0.3, -0.25) is 24.4 Å². The quantitative estimate of drug-likeness (QED) is 0.195. The summed E-state index contributed by atoms with van der Waals surface area (Å²) in [4.78, 5) is 42.7. The van der Waals surface area contributed by atoms with Crippen LogP contribution in [0.3, 0.4) is 0 Å². The minimum Gasteiger partial charge on any atom is -0.508 e. The minimum atomic E-state index is -2.68. The summed E-state index contributed by atoms with van der Waals surface area (Å²) in [7, 11) is 6.74. The number of primary amides is 1. The van der Waals surface area contributed by atoms with E-state index in [1.165, 1.54) is 4.90 Å². The summed E-state index contributed by atoms with van der Waals surface area (Å²) in [6.45, 7) is 0.286. The van der Waals surface area contributed by atoms with Crippen molar-refractivity contribution in [1.29, 1.82) is 0 Å². The lowest BCUT2D eigenvalue weighted by molar-refractivity contribution is -0.153. The molecule has 40 heavy (non-hydrogen) atoms. The summed E-state index contributed by atoms with van der Waals surface area (Å²) in [5, 5.41) is 55.4. The summed E-state index contributed by atoms with van der Waals surface area (Å²) < 4.78 is 0. The van der Waals surface area contributed by atoms with E-state index in [0.29, 0.717) is 11.3 Å². The van der Waals surface area contributed by atoms with Crippen LogP contribution in [0.2, 0.25) is 0 Å². The van der Waals surface area contributed by atoms with Crippen LogP contribution in [0.5, 0.6) is 5.75 Å². The maximum atomic E-state index is 14.0. The highest BCUT2D eigenvalue weighted by molar-refractivity contribution is 6.24. The first kappa shape index (κ1) is 27.2. The van der Waals surface area contributed by atoms with Gasteiger partial charge in [0.2, 0.25) is 5.78 Å². The smallest absolute Gasteiger partial charge is 0.255 e. The number of benzene rings is 1. The molecule has 1 fully saturated rings. The number of aromatic nitrogens is 2. The SMILES string of the molecule is CN(C)c1cc(NCc2ccn[nH]2)c(O)c2c1C[C@H]1C[C@H]3C(N(C)C)C(=O)C(C(N)=O)=C(O)[C@@]3(O)C(=O)C1=C2O.[HH]. The highest BCUT2D eigenvalue weighted by atomic mass is 16.3. The molecule has 214 valence electrons. The van der Waals surface area contributed by atoms with Gasteiger partial charge in [0.1, 0.15) is 22.8 Å². The van der Waals surface area contributed by atoms with Gasteiger partial charge in [0, 0.05) is 38.9 Å². The molecule has 0 spiro atoms. The van der Waals surface area contributed by atoms with Crippen LogP contribution in [-0.2, 0) is 27.3 Å². The van der Waals surface area contributed by atoms with Crippen LogP contribution >= 0.6 is 0 Å². The number of fused-ring (bicyclic) bond motifs is 3. The van der Waals surface area contributed by atoms with Crippen molar-refractivity contribution in [2.75, 3.05) is 38.4 Å². The summed E-state index contributed by atoms with van der Waals surface area (Å²) >= 11 is 0. The summed E-state index contributed by atoms with van der Waals surface area (Å²) in [6, 6.07) is 2.37. The summed E-state index contributed by atoms with van der Waals surface area (Å²) in [5.74, 6) is -6.83. The molecule has 0 saturated heterocycles. The van der Waals surface area contributed by atoms with Crippen molar-refractivity contribution in [2.45, 2.75) is 31.0 Å². The maximum absolute atomic E-state index is 14.0. The highest BCUT2D eigenvalue weighted by Gasteiger charge is 2.64. The Hall–Kier alpha value is -4.36. The molecule has 1 aromatic carbocycles. The van der Waals surface area contributed by atoms with Crippen LogP contribution in [0.4, 0.5) is 11.4 Å². The number of hydrogen-bond acceptors (Lipinski definition) is 11. The number of nitrogens with one attached hydrogen (secondary N) is 2. The van der Waals surface area contributed by atoms with Gasteiger partial charge >= 0.3 is 0 Å². The van der Waals surface area contributed by atoms with Crippen LogP contribution in [-0.4, -0.2) is 92.8 Å².